The van der Waals surface area contributed by atoms with Crippen molar-refractivity contribution < 1.29 is 18.5 Å². The molecule has 0 bridgehead atoms. The molecule has 1 aromatic carbocycles. The average molecular weight is 283 g/mol. The molecule has 1 unspecified atom stereocenters. The summed E-state index contributed by atoms with van der Waals surface area (Å²) < 4.78 is 16.6. The molecule has 104 valence electrons. The SMILES string of the molecule is COC(=O)c1ccccc1CS(=O)CC(=O)N(C)C. The number of benzene rings is 1. The fourth-order valence-electron chi connectivity index (χ4n) is 1.45. The summed E-state index contributed by atoms with van der Waals surface area (Å²) in [6.45, 7) is 0. The van der Waals surface area contributed by atoms with E-state index in [0.717, 1.165) is 0 Å². The average Bonchev–Trinajstić information content (AvgIpc) is 2.38. The lowest BCUT2D eigenvalue weighted by Gasteiger charge is -2.11. The Balaban J connectivity index is 2.80. The Morgan fingerprint density at radius 3 is 2.47 bits per heavy atom. The van der Waals surface area contributed by atoms with Crippen LogP contribution in [0, 0.1) is 0 Å². The fraction of sp³-hybridized carbons (Fsp3) is 0.385. The Morgan fingerprint density at radius 2 is 1.89 bits per heavy atom. The molecule has 0 N–H and O–H groups in total. The molecule has 1 amide bonds. The highest BCUT2D eigenvalue weighted by atomic mass is 32.2. The highest BCUT2D eigenvalue weighted by Gasteiger charge is 2.15. The van der Waals surface area contributed by atoms with E-state index in [1.165, 1.54) is 12.0 Å². The van der Waals surface area contributed by atoms with Crippen molar-refractivity contribution in [3.63, 3.8) is 0 Å². The summed E-state index contributed by atoms with van der Waals surface area (Å²) in [6, 6.07) is 6.80. The van der Waals surface area contributed by atoms with Crippen LogP contribution in [0.5, 0.6) is 0 Å². The van der Waals surface area contributed by atoms with Crippen LogP contribution < -0.4 is 0 Å². The first-order valence-corrected chi connectivity index (χ1v) is 7.16. The van der Waals surface area contributed by atoms with Crippen molar-refractivity contribution in [1.82, 2.24) is 4.90 Å². The van der Waals surface area contributed by atoms with Crippen LogP contribution in [-0.4, -0.2) is 47.9 Å². The van der Waals surface area contributed by atoms with E-state index < -0.39 is 16.8 Å². The quantitative estimate of drug-likeness (QED) is 0.750. The van der Waals surface area contributed by atoms with E-state index in [1.807, 2.05) is 0 Å². The number of methoxy groups -OCH3 is 1. The first-order chi connectivity index (χ1) is 8.95. The number of hydrogen-bond acceptors (Lipinski definition) is 4. The third kappa shape index (κ3) is 4.48. The lowest BCUT2D eigenvalue weighted by molar-refractivity contribution is -0.125. The summed E-state index contributed by atoms with van der Waals surface area (Å²) in [5, 5.41) is 0. The molecule has 1 aromatic rings. The van der Waals surface area contributed by atoms with Crippen molar-refractivity contribution >= 4 is 22.7 Å². The van der Waals surface area contributed by atoms with E-state index in [2.05, 4.69) is 4.74 Å². The van der Waals surface area contributed by atoms with E-state index in [9.17, 15) is 13.8 Å². The lowest BCUT2D eigenvalue weighted by Crippen LogP contribution is -2.27. The van der Waals surface area contributed by atoms with Gasteiger partial charge in [-0.15, -0.1) is 0 Å². The number of esters is 1. The maximum atomic E-state index is 11.9. The fourth-order valence-corrected chi connectivity index (χ4v) is 2.68. The zero-order valence-corrected chi connectivity index (χ0v) is 12.0. The van der Waals surface area contributed by atoms with Gasteiger partial charge < -0.3 is 9.64 Å². The van der Waals surface area contributed by atoms with Crippen LogP contribution in [-0.2, 0) is 26.1 Å². The Bertz CT molecular complexity index is 499. The van der Waals surface area contributed by atoms with Crippen LogP contribution in [0.15, 0.2) is 24.3 Å². The van der Waals surface area contributed by atoms with Crippen molar-refractivity contribution in [2.45, 2.75) is 5.75 Å². The molecule has 0 saturated carbocycles. The number of nitrogens with zero attached hydrogens (tertiary/aromatic N) is 1. The van der Waals surface area contributed by atoms with Gasteiger partial charge in [0.05, 0.1) is 12.7 Å². The second-order valence-corrected chi connectivity index (χ2v) is 5.62. The molecule has 5 nitrogen and oxygen atoms in total. The number of carbonyl (C=O) groups excluding carboxylic acids is 2. The van der Waals surface area contributed by atoms with Crippen molar-refractivity contribution in [3.8, 4) is 0 Å². The minimum atomic E-state index is -1.35. The number of ether oxygens (including phenoxy) is 1. The van der Waals surface area contributed by atoms with Gasteiger partial charge in [-0.05, 0) is 11.6 Å². The van der Waals surface area contributed by atoms with E-state index in [-0.39, 0.29) is 17.4 Å². The third-order valence-corrected chi connectivity index (χ3v) is 3.72. The summed E-state index contributed by atoms with van der Waals surface area (Å²) in [5.41, 5.74) is 1.01. The van der Waals surface area contributed by atoms with Gasteiger partial charge in [0.1, 0.15) is 5.75 Å². The lowest BCUT2D eigenvalue weighted by atomic mass is 10.1. The van der Waals surface area contributed by atoms with E-state index >= 15 is 0 Å². The van der Waals surface area contributed by atoms with Gasteiger partial charge in [0.25, 0.3) is 0 Å². The van der Waals surface area contributed by atoms with Crippen LogP contribution in [0.3, 0.4) is 0 Å². The molecule has 0 aliphatic heterocycles. The summed E-state index contributed by atoms with van der Waals surface area (Å²) in [4.78, 5) is 24.4. The smallest absolute Gasteiger partial charge is 0.338 e. The summed E-state index contributed by atoms with van der Waals surface area (Å²) >= 11 is 0. The first kappa shape index (κ1) is 15.4. The van der Waals surface area contributed by atoms with Gasteiger partial charge in [-0.1, -0.05) is 18.2 Å². The number of hydrogen-bond donors (Lipinski definition) is 0. The van der Waals surface area contributed by atoms with Crippen molar-refractivity contribution in [3.05, 3.63) is 35.4 Å². The maximum Gasteiger partial charge on any atom is 0.338 e. The molecule has 0 aliphatic carbocycles. The van der Waals surface area contributed by atoms with Gasteiger partial charge in [0, 0.05) is 30.6 Å². The zero-order chi connectivity index (χ0) is 14.4. The van der Waals surface area contributed by atoms with E-state index in [4.69, 9.17) is 0 Å². The third-order valence-electron chi connectivity index (χ3n) is 2.52. The second-order valence-electron chi connectivity index (χ2n) is 4.17. The van der Waals surface area contributed by atoms with Crippen molar-refractivity contribution in [2.24, 2.45) is 0 Å². The predicted octanol–water partition coefficient (Wildman–Crippen LogP) is 0.810. The highest BCUT2D eigenvalue weighted by molar-refractivity contribution is 7.84. The minimum absolute atomic E-state index is 0.0531. The Hall–Kier alpha value is -1.69. The van der Waals surface area contributed by atoms with Crippen LogP contribution in [0.25, 0.3) is 0 Å². The van der Waals surface area contributed by atoms with E-state index in [0.29, 0.717) is 11.1 Å². The van der Waals surface area contributed by atoms with Crippen molar-refractivity contribution in [2.75, 3.05) is 27.0 Å². The van der Waals surface area contributed by atoms with Crippen molar-refractivity contribution in [1.29, 1.82) is 0 Å². The van der Waals surface area contributed by atoms with Crippen LogP contribution >= 0.6 is 0 Å². The molecule has 0 aliphatic rings. The monoisotopic (exact) mass is 283 g/mol. The summed E-state index contributed by atoms with van der Waals surface area (Å²) in [5.74, 6) is -0.562. The Morgan fingerprint density at radius 1 is 1.26 bits per heavy atom. The van der Waals surface area contributed by atoms with Gasteiger partial charge in [0.2, 0.25) is 5.91 Å². The molecule has 0 radical (unpaired) electrons. The zero-order valence-electron chi connectivity index (χ0n) is 11.2. The molecule has 19 heavy (non-hydrogen) atoms. The molecule has 0 saturated heterocycles. The molecular formula is C13H17NO4S. The Kier molecular flexibility index (Phi) is 5.69. The van der Waals surface area contributed by atoms with Crippen LogP contribution in [0.2, 0.25) is 0 Å². The van der Waals surface area contributed by atoms with Gasteiger partial charge in [-0.3, -0.25) is 9.00 Å². The Labute approximate surface area is 115 Å². The van der Waals surface area contributed by atoms with Crippen LogP contribution in [0.1, 0.15) is 15.9 Å². The predicted molar refractivity (Wildman–Crippen MR) is 73.2 cm³/mol. The molecule has 1 rings (SSSR count). The number of rotatable bonds is 5. The molecule has 0 heterocycles. The van der Waals surface area contributed by atoms with Gasteiger partial charge in [-0.2, -0.15) is 0 Å². The molecule has 1 atom stereocenters. The highest BCUT2D eigenvalue weighted by Crippen LogP contribution is 2.12. The normalized spacial score (nSPS) is 11.7. The largest absolute Gasteiger partial charge is 0.465 e. The molecule has 0 fully saturated rings. The number of amides is 1. The topological polar surface area (TPSA) is 63.7 Å². The van der Waals surface area contributed by atoms with Gasteiger partial charge >= 0.3 is 5.97 Å². The maximum absolute atomic E-state index is 11.9. The standard InChI is InChI=1S/C13H17NO4S/c1-14(2)12(15)9-19(17)8-10-6-4-5-7-11(10)13(16)18-3/h4-7H,8-9H2,1-3H3. The molecule has 0 spiro atoms. The molecule has 0 aromatic heterocycles. The van der Waals surface area contributed by atoms with Crippen LogP contribution in [0.4, 0.5) is 0 Å². The van der Waals surface area contributed by atoms with Gasteiger partial charge in [-0.25, -0.2) is 4.79 Å². The second kappa shape index (κ2) is 7.04. The first-order valence-electron chi connectivity index (χ1n) is 5.67. The summed E-state index contributed by atoms with van der Waals surface area (Å²) in [6.07, 6.45) is 0. The number of carbonyl (C=O) groups is 2. The summed E-state index contributed by atoms with van der Waals surface area (Å²) in [7, 11) is 3.17. The minimum Gasteiger partial charge on any atom is -0.465 e. The van der Waals surface area contributed by atoms with E-state index in [1.54, 1.807) is 38.4 Å². The van der Waals surface area contributed by atoms with Gasteiger partial charge in [0.15, 0.2) is 0 Å². The molecule has 6 heteroatoms. The molecular weight excluding hydrogens is 266 g/mol.